The lowest BCUT2D eigenvalue weighted by Gasteiger charge is -2.30. The maximum Gasteiger partial charge on any atom is 0.0524 e. The molecule has 0 spiro atoms. The summed E-state index contributed by atoms with van der Waals surface area (Å²) in [6.07, 6.45) is 9.51. The van der Waals surface area contributed by atoms with Gasteiger partial charge in [-0.05, 0) is 88.5 Å². The molecule has 2 unspecified atom stereocenters. The molecule has 0 N–H and O–H groups in total. The molecule has 0 aromatic carbocycles. The van der Waals surface area contributed by atoms with Crippen LogP contribution in [0.1, 0.15) is 67.2 Å². The first kappa shape index (κ1) is 18.4. The highest BCUT2D eigenvalue weighted by molar-refractivity contribution is 7.82. The van der Waals surface area contributed by atoms with Crippen LogP contribution in [0.4, 0.5) is 0 Å². The van der Waals surface area contributed by atoms with E-state index in [1.165, 1.54) is 58.3 Å². The molecule has 0 saturated carbocycles. The molecular weight excluding hydrogens is 296 g/mol. The van der Waals surface area contributed by atoms with Gasteiger partial charge < -0.3 is 0 Å². The van der Waals surface area contributed by atoms with Crippen molar-refractivity contribution in [3.8, 4) is 0 Å². The van der Waals surface area contributed by atoms with E-state index in [1.54, 1.807) is 0 Å². The number of fused-ring (bicyclic) bond motifs is 2. The summed E-state index contributed by atoms with van der Waals surface area (Å²) in [6, 6.07) is 0. The van der Waals surface area contributed by atoms with Crippen LogP contribution in [0.15, 0.2) is 57.7 Å². The molecule has 0 aliphatic heterocycles. The summed E-state index contributed by atoms with van der Waals surface area (Å²) in [5.74, 6) is 0.551. The Balaban J connectivity index is 2.49. The first-order chi connectivity index (χ1) is 10.6. The molecule has 2 aliphatic rings. The average molecular weight is 329 g/mol. The minimum Gasteiger partial charge on any atom is -0.164 e. The molecule has 2 atom stereocenters. The molecule has 0 amide bonds. The Morgan fingerprint density at radius 3 is 2.57 bits per heavy atom. The fourth-order valence-electron chi connectivity index (χ4n) is 3.73. The molecule has 2 rings (SSSR count). The summed E-state index contributed by atoms with van der Waals surface area (Å²) < 4.78 is -0.117. The number of hydrogen-bond donors (Lipinski definition) is 1. The highest BCUT2D eigenvalue weighted by Crippen LogP contribution is 2.45. The van der Waals surface area contributed by atoms with Gasteiger partial charge in [0.25, 0.3) is 0 Å². The third kappa shape index (κ3) is 3.76. The zero-order valence-corrected chi connectivity index (χ0v) is 16.6. The van der Waals surface area contributed by atoms with Crippen molar-refractivity contribution in [1.82, 2.24) is 0 Å². The minimum atomic E-state index is -0.117. The maximum absolute atomic E-state index is 5.02. The van der Waals surface area contributed by atoms with Gasteiger partial charge in [0.15, 0.2) is 0 Å². The van der Waals surface area contributed by atoms with E-state index in [0.29, 0.717) is 5.92 Å². The minimum absolute atomic E-state index is 0.117. The molecule has 0 radical (unpaired) electrons. The number of allylic oxidation sites excluding steroid dienone is 7. The van der Waals surface area contributed by atoms with E-state index in [0.717, 1.165) is 6.42 Å². The molecule has 2 aliphatic carbocycles. The normalized spacial score (nSPS) is 26.9. The summed E-state index contributed by atoms with van der Waals surface area (Å²) in [6.45, 7) is 17.5. The van der Waals surface area contributed by atoms with Crippen LogP contribution >= 0.6 is 12.6 Å². The second kappa shape index (κ2) is 6.89. The SMILES string of the molecule is C=C(C)CC(C)/C(C)=C/C1=CC2=C(C)C(C)(S)C(C)=C1CCC2. The second-order valence-electron chi connectivity index (χ2n) is 7.73. The van der Waals surface area contributed by atoms with Gasteiger partial charge in [-0.25, -0.2) is 0 Å². The van der Waals surface area contributed by atoms with E-state index in [-0.39, 0.29) is 4.75 Å². The molecule has 23 heavy (non-hydrogen) atoms. The van der Waals surface area contributed by atoms with E-state index in [9.17, 15) is 0 Å². The summed E-state index contributed by atoms with van der Waals surface area (Å²) in [7, 11) is 0. The van der Waals surface area contributed by atoms with Gasteiger partial charge in [-0.2, -0.15) is 12.6 Å². The lowest BCUT2D eigenvalue weighted by atomic mass is 9.83. The van der Waals surface area contributed by atoms with Gasteiger partial charge in [-0.3, -0.25) is 0 Å². The summed E-state index contributed by atoms with van der Waals surface area (Å²) in [5.41, 5.74) is 9.97. The topological polar surface area (TPSA) is 0 Å². The van der Waals surface area contributed by atoms with Crippen molar-refractivity contribution in [2.75, 3.05) is 0 Å². The van der Waals surface area contributed by atoms with E-state index < -0.39 is 0 Å². The first-order valence-electron chi connectivity index (χ1n) is 8.82. The monoisotopic (exact) mass is 328 g/mol. The van der Waals surface area contributed by atoms with Gasteiger partial charge in [0.05, 0.1) is 4.75 Å². The van der Waals surface area contributed by atoms with Gasteiger partial charge >= 0.3 is 0 Å². The summed E-state index contributed by atoms with van der Waals surface area (Å²) in [4.78, 5) is 0. The fraction of sp³-hybridized carbons (Fsp3) is 0.545. The van der Waals surface area contributed by atoms with Gasteiger partial charge in [0.2, 0.25) is 0 Å². The number of thiol groups is 1. The van der Waals surface area contributed by atoms with E-state index in [1.807, 2.05) is 0 Å². The Hall–Kier alpha value is -0.950. The van der Waals surface area contributed by atoms with E-state index in [2.05, 4.69) is 60.3 Å². The average Bonchev–Trinajstić information content (AvgIpc) is 2.69. The largest absolute Gasteiger partial charge is 0.164 e. The van der Waals surface area contributed by atoms with Crippen molar-refractivity contribution in [2.45, 2.75) is 72.0 Å². The van der Waals surface area contributed by atoms with Crippen molar-refractivity contribution >= 4 is 12.6 Å². The van der Waals surface area contributed by atoms with E-state index in [4.69, 9.17) is 12.6 Å². The molecule has 0 aromatic rings. The van der Waals surface area contributed by atoms with Gasteiger partial charge in [-0.1, -0.05) is 35.8 Å². The zero-order chi connectivity index (χ0) is 17.4. The molecule has 0 heterocycles. The number of rotatable bonds is 4. The maximum atomic E-state index is 5.02. The van der Waals surface area contributed by atoms with Crippen molar-refractivity contribution in [2.24, 2.45) is 5.92 Å². The van der Waals surface area contributed by atoms with Crippen LogP contribution in [-0.4, -0.2) is 4.75 Å². The lowest BCUT2D eigenvalue weighted by Crippen LogP contribution is -2.23. The van der Waals surface area contributed by atoms with Gasteiger partial charge in [0.1, 0.15) is 0 Å². The quantitative estimate of drug-likeness (QED) is 0.417. The molecular formula is C22H32S. The second-order valence-corrected chi connectivity index (χ2v) is 8.62. The smallest absolute Gasteiger partial charge is 0.0524 e. The molecule has 1 heteroatoms. The van der Waals surface area contributed by atoms with Crippen LogP contribution < -0.4 is 0 Å². The van der Waals surface area contributed by atoms with Crippen LogP contribution in [-0.2, 0) is 0 Å². The Morgan fingerprint density at radius 1 is 1.30 bits per heavy atom. The Labute approximate surface area is 148 Å². The van der Waals surface area contributed by atoms with Crippen LogP contribution in [0.2, 0.25) is 0 Å². The third-order valence-corrected chi connectivity index (χ3v) is 6.43. The molecule has 2 bridgehead atoms. The highest BCUT2D eigenvalue weighted by Gasteiger charge is 2.32. The predicted molar refractivity (Wildman–Crippen MR) is 107 cm³/mol. The Morgan fingerprint density at radius 2 is 1.96 bits per heavy atom. The van der Waals surface area contributed by atoms with E-state index >= 15 is 0 Å². The van der Waals surface area contributed by atoms with Crippen molar-refractivity contribution in [3.05, 3.63) is 57.7 Å². The van der Waals surface area contributed by atoms with Crippen LogP contribution in [0.5, 0.6) is 0 Å². The summed E-state index contributed by atoms with van der Waals surface area (Å²) >= 11 is 5.02. The van der Waals surface area contributed by atoms with Gasteiger partial charge in [0, 0.05) is 0 Å². The third-order valence-electron chi connectivity index (χ3n) is 5.76. The Bertz CT molecular complexity index is 635. The summed E-state index contributed by atoms with van der Waals surface area (Å²) in [5, 5.41) is 0. The number of hydrogen-bond acceptors (Lipinski definition) is 1. The molecule has 0 nitrogen and oxygen atoms in total. The van der Waals surface area contributed by atoms with Gasteiger partial charge in [-0.15, -0.1) is 6.58 Å². The standard InChI is InChI=1S/C22H32S/c1-14(2)11-15(3)16(4)12-20-13-19-9-8-10-21(20)18(6)22(7,23)17(19)5/h12-13,15,23H,1,8-11H2,2-7H3/b16-12+. The highest BCUT2D eigenvalue weighted by atomic mass is 32.1. The lowest BCUT2D eigenvalue weighted by molar-refractivity contribution is 0.672. The van der Waals surface area contributed by atoms with Crippen molar-refractivity contribution in [3.63, 3.8) is 0 Å². The zero-order valence-electron chi connectivity index (χ0n) is 15.7. The molecule has 0 saturated heterocycles. The van der Waals surface area contributed by atoms with Crippen LogP contribution in [0.25, 0.3) is 0 Å². The molecule has 0 aromatic heterocycles. The molecule has 0 fully saturated rings. The molecule has 126 valence electrons. The fourth-order valence-corrected chi connectivity index (χ4v) is 4.01. The first-order valence-corrected chi connectivity index (χ1v) is 9.26. The Kier molecular flexibility index (Phi) is 5.51. The van der Waals surface area contributed by atoms with Crippen LogP contribution in [0.3, 0.4) is 0 Å². The van der Waals surface area contributed by atoms with Crippen molar-refractivity contribution < 1.29 is 0 Å². The van der Waals surface area contributed by atoms with Crippen LogP contribution in [0, 0.1) is 5.92 Å². The van der Waals surface area contributed by atoms with Crippen molar-refractivity contribution in [1.29, 1.82) is 0 Å². The predicted octanol–water partition coefficient (Wildman–Crippen LogP) is 6.98.